The lowest BCUT2D eigenvalue weighted by Gasteiger charge is -2.04. The zero-order chi connectivity index (χ0) is 14.2. The van der Waals surface area contributed by atoms with Crippen LogP contribution in [-0.2, 0) is 13.1 Å². The van der Waals surface area contributed by atoms with Gasteiger partial charge in [0, 0.05) is 12.6 Å². The highest BCUT2D eigenvalue weighted by atomic mass is 35.5. The van der Waals surface area contributed by atoms with Crippen molar-refractivity contribution < 1.29 is 9.47 Å². The molecule has 0 spiro atoms. The molecule has 1 aromatic carbocycles. The van der Waals surface area contributed by atoms with Gasteiger partial charge in [-0.15, -0.1) is 5.10 Å². The minimum atomic E-state index is 0.221. The third kappa shape index (κ3) is 2.82. The summed E-state index contributed by atoms with van der Waals surface area (Å²) in [5.74, 6) is 1.31. The molecule has 0 bridgehead atoms. The Morgan fingerprint density at radius 1 is 1.33 bits per heavy atom. The van der Waals surface area contributed by atoms with Gasteiger partial charge >= 0.3 is 0 Å². The summed E-state index contributed by atoms with van der Waals surface area (Å²) in [6, 6.07) is 4.47. The van der Waals surface area contributed by atoms with E-state index in [2.05, 4.69) is 15.6 Å². The first kappa shape index (κ1) is 12.9. The van der Waals surface area contributed by atoms with Crippen molar-refractivity contribution in [2.45, 2.75) is 32.0 Å². The first-order valence-electron chi connectivity index (χ1n) is 6.98. The lowest BCUT2D eigenvalue weighted by Crippen LogP contribution is -2.15. The Kier molecular flexibility index (Phi) is 3.20. The van der Waals surface area contributed by atoms with Crippen LogP contribution in [0.25, 0.3) is 0 Å². The summed E-state index contributed by atoms with van der Waals surface area (Å²) in [5.41, 5.74) is 1.96. The number of benzene rings is 1. The number of fused-ring (bicyclic) bond motifs is 1. The molecule has 2 aliphatic rings. The molecular weight excluding hydrogens is 292 g/mol. The molecule has 4 rings (SSSR count). The smallest absolute Gasteiger partial charge is 0.231 e. The maximum Gasteiger partial charge on any atom is 0.231 e. The molecule has 0 radical (unpaired) electrons. The minimum Gasteiger partial charge on any atom is -0.454 e. The standard InChI is InChI=1S/C14H15ClN4O2/c15-12-3-9(4-13-14(12)21-8-20-13)6-19-7-11(17-18-19)5-16-10-1-2-10/h3-4,7,10,16H,1-2,5-6,8H2. The van der Waals surface area contributed by atoms with E-state index >= 15 is 0 Å². The van der Waals surface area contributed by atoms with Crippen LogP contribution in [0.5, 0.6) is 11.5 Å². The van der Waals surface area contributed by atoms with Gasteiger partial charge in [-0.3, -0.25) is 0 Å². The molecule has 110 valence electrons. The topological polar surface area (TPSA) is 61.2 Å². The van der Waals surface area contributed by atoms with Gasteiger partial charge in [0.15, 0.2) is 11.5 Å². The molecular formula is C14H15ClN4O2. The van der Waals surface area contributed by atoms with Crippen LogP contribution in [0.1, 0.15) is 24.1 Å². The van der Waals surface area contributed by atoms with Gasteiger partial charge in [-0.1, -0.05) is 16.8 Å². The Morgan fingerprint density at radius 2 is 2.24 bits per heavy atom. The molecule has 0 atom stereocenters. The second-order valence-electron chi connectivity index (χ2n) is 5.37. The largest absolute Gasteiger partial charge is 0.454 e. The molecule has 0 amide bonds. The first-order valence-corrected chi connectivity index (χ1v) is 7.36. The number of nitrogens with one attached hydrogen (secondary N) is 1. The van der Waals surface area contributed by atoms with E-state index in [9.17, 15) is 0 Å². The molecule has 0 saturated heterocycles. The summed E-state index contributed by atoms with van der Waals surface area (Å²) in [4.78, 5) is 0. The molecule has 7 heteroatoms. The van der Waals surface area contributed by atoms with Gasteiger partial charge in [0.2, 0.25) is 6.79 Å². The van der Waals surface area contributed by atoms with Crippen molar-refractivity contribution in [1.29, 1.82) is 0 Å². The van der Waals surface area contributed by atoms with E-state index in [1.165, 1.54) is 12.8 Å². The SMILES string of the molecule is Clc1cc(Cn2cc(CNC3CC3)nn2)cc2c1OCO2. The van der Waals surface area contributed by atoms with Crippen molar-refractivity contribution >= 4 is 11.6 Å². The number of halogens is 1. The Balaban J connectivity index is 1.46. The summed E-state index contributed by atoms with van der Waals surface area (Å²) in [7, 11) is 0. The van der Waals surface area contributed by atoms with Crippen molar-refractivity contribution in [3.8, 4) is 11.5 Å². The van der Waals surface area contributed by atoms with Crippen molar-refractivity contribution in [2.24, 2.45) is 0 Å². The van der Waals surface area contributed by atoms with Crippen molar-refractivity contribution in [3.63, 3.8) is 0 Å². The van der Waals surface area contributed by atoms with Crippen LogP contribution in [0.2, 0.25) is 5.02 Å². The van der Waals surface area contributed by atoms with E-state index in [1.54, 1.807) is 4.68 Å². The molecule has 6 nitrogen and oxygen atoms in total. The fourth-order valence-electron chi connectivity index (χ4n) is 2.33. The summed E-state index contributed by atoms with van der Waals surface area (Å²) in [5, 5.41) is 12.3. The highest BCUT2D eigenvalue weighted by Crippen LogP contribution is 2.39. The van der Waals surface area contributed by atoms with Gasteiger partial charge < -0.3 is 14.8 Å². The van der Waals surface area contributed by atoms with Crippen LogP contribution < -0.4 is 14.8 Å². The minimum absolute atomic E-state index is 0.221. The van der Waals surface area contributed by atoms with Gasteiger partial charge in [0.25, 0.3) is 0 Å². The van der Waals surface area contributed by atoms with Crippen molar-refractivity contribution in [2.75, 3.05) is 6.79 Å². The number of ether oxygens (including phenoxy) is 2. The Labute approximate surface area is 127 Å². The summed E-state index contributed by atoms with van der Waals surface area (Å²) in [6.07, 6.45) is 4.49. The molecule has 2 heterocycles. The third-order valence-electron chi connectivity index (χ3n) is 3.57. The van der Waals surface area contributed by atoms with Crippen molar-refractivity contribution in [1.82, 2.24) is 20.3 Å². The lowest BCUT2D eigenvalue weighted by molar-refractivity contribution is 0.174. The molecule has 1 aliphatic heterocycles. The lowest BCUT2D eigenvalue weighted by atomic mass is 10.2. The molecule has 1 fully saturated rings. The highest BCUT2D eigenvalue weighted by molar-refractivity contribution is 6.32. The van der Waals surface area contributed by atoms with Crippen LogP contribution >= 0.6 is 11.6 Å². The Morgan fingerprint density at radius 3 is 3.10 bits per heavy atom. The van der Waals surface area contributed by atoms with Crippen LogP contribution in [0.3, 0.4) is 0 Å². The predicted octanol–water partition coefficient (Wildman–Crippen LogP) is 1.96. The molecule has 2 aromatic rings. The van der Waals surface area contributed by atoms with Crippen LogP contribution in [-0.4, -0.2) is 27.8 Å². The summed E-state index contributed by atoms with van der Waals surface area (Å²) >= 11 is 6.18. The number of aromatic nitrogens is 3. The van der Waals surface area contributed by atoms with E-state index in [-0.39, 0.29) is 6.79 Å². The molecule has 1 saturated carbocycles. The predicted molar refractivity (Wildman–Crippen MR) is 76.6 cm³/mol. The molecule has 1 N–H and O–H groups in total. The highest BCUT2D eigenvalue weighted by Gasteiger charge is 2.21. The molecule has 1 aromatic heterocycles. The average Bonchev–Trinajstić information content (AvgIpc) is 2.98. The van der Waals surface area contributed by atoms with Gasteiger partial charge in [0.05, 0.1) is 23.5 Å². The van der Waals surface area contributed by atoms with E-state index in [1.807, 2.05) is 18.3 Å². The van der Waals surface area contributed by atoms with Crippen LogP contribution in [0.15, 0.2) is 18.3 Å². The molecule has 1 aliphatic carbocycles. The monoisotopic (exact) mass is 306 g/mol. The quantitative estimate of drug-likeness (QED) is 0.915. The number of rotatable bonds is 5. The Bertz CT molecular complexity index is 669. The summed E-state index contributed by atoms with van der Waals surface area (Å²) < 4.78 is 12.5. The van der Waals surface area contributed by atoms with Crippen LogP contribution in [0, 0.1) is 0 Å². The maximum absolute atomic E-state index is 6.18. The fraction of sp³-hybridized carbons (Fsp3) is 0.429. The van der Waals surface area contributed by atoms with Crippen LogP contribution in [0.4, 0.5) is 0 Å². The Hall–Kier alpha value is -1.79. The number of nitrogens with zero attached hydrogens (tertiary/aromatic N) is 3. The van der Waals surface area contributed by atoms with E-state index in [0.717, 1.165) is 17.8 Å². The zero-order valence-electron chi connectivity index (χ0n) is 11.4. The van der Waals surface area contributed by atoms with Crippen molar-refractivity contribution in [3.05, 3.63) is 34.6 Å². The second-order valence-corrected chi connectivity index (χ2v) is 5.78. The van der Waals surface area contributed by atoms with Gasteiger partial charge in [-0.25, -0.2) is 4.68 Å². The normalized spacial score (nSPS) is 16.4. The first-order chi connectivity index (χ1) is 10.3. The number of hydrogen-bond acceptors (Lipinski definition) is 5. The number of hydrogen-bond donors (Lipinski definition) is 1. The molecule has 0 unspecified atom stereocenters. The molecule has 21 heavy (non-hydrogen) atoms. The van der Waals surface area contributed by atoms with E-state index in [4.69, 9.17) is 21.1 Å². The zero-order valence-corrected chi connectivity index (χ0v) is 12.1. The van der Waals surface area contributed by atoms with Gasteiger partial charge in [0.1, 0.15) is 0 Å². The van der Waals surface area contributed by atoms with Gasteiger partial charge in [-0.05, 0) is 30.5 Å². The average molecular weight is 307 g/mol. The van der Waals surface area contributed by atoms with E-state index in [0.29, 0.717) is 29.1 Å². The van der Waals surface area contributed by atoms with Gasteiger partial charge in [-0.2, -0.15) is 0 Å². The maximum atomic E-state index is 6.18. The summed E-state index contributed by atoms with van der Waals surface area (Å²) in [6.45, 7) is 1.60. The van der Waals surface area contributed by atoms with E-state index < -0.39 is 0 Å². The third-order valence-corrected chi connectivity index (χ3v) is 3.85. The fourth-order valence-corrected chi connectivity index (χ4v) is 2.62. The second kappa shape index (κ2) is 5.20.